The van der Waals surface area contributed by atoms with E-state index in [4.69, 9.17) is 4.74 Å². The number of nitrogens with one attached hydrogen (secondary N) is 1. The second kappa shape index (κ2) is 5.81. The van der Waals surface area contributed by atoms with Gasteiger partial charge in [0.15, 0.2) is 5.75 Å². The van der Waals surface area contributed by atoms with Gasteiger partial charge in [0.1, 0.15) is 6.61 Å². The Morgan fingerprint density at radius 2 is 2.16 bits per heavy atom. The van der Waals surface area contributed by atoms with Crippen LogP contribution in [-0.4, -0.2) is 17.0 Å². The number of anilines is 1. The van der Waals surface area contributed by atoms with Crippen LogP contribution < -0.4 is 10.1 Å². The van der Waals surface area contributed by atoms with Crippen LogP contribution in [0.15, 0.2) is 42.6 Å². The molecule has 98 valence electrons. The van der Waals surface area contributed by atoms with Gasteiger partial charge in [-0.15, -0.1) is 0 Å². The first kappa shape index (κ1) is 12.8. The summed E-state index contributed by atoms with van der Waals surface area (Å²) in [5, 5.41) is 13.8. The number of pyridine rings is 1. The molecule has 0 bridgehead atoms. The van der Waals surface area contributed by atoms with Crippen molar-refractivity contribution in [3.63, 3.8) is 0 Å². The summed E-state index contributed by atoms with van der Waals surface area (Å²) in [6.07, 6.45) is 1.66. The number of ether oxygens (including phenoxy) is 1. The van der Waals surface area contributed by atoms with E-state index < -0.39 is 4.92 Å². The monoisotopic (exact) mass is 259 g/mol. The van der Waals surface area contributed by atoms with E-state index in [0.29, 0.717) is 5.69 Å². The molecule has 6 heteroatoms. The summed E-state index contributed by atoms with van der Waals surface area (Å²) in [4.78, 5) is 14.5. The van der Waals surface area contributed by atoms with Crippen LogP contribution in [0.3, 0.4) is 0 Å². The van der Waals surface area contributed by atoms with Crippen molar-refractivity contribution < 1.29 is 9.66 Å². The number of benzene rings is 1. The summed E-state index contributed by atoms with van der Waals surface area (Å²) >= 11 is 0. The van der Waals surface area contributed by atoms with E-state index in [2.05, 4.69) is 10.3 Å². The van der Waals surface area contributed by atoms with Gasteiger partial charge in [-0.25, -0.2) is 0 Å². The second-order valence-corrected chi connectivity index (χ2v) is 3.80. The number of hydrogen-bond donors (Lipinski definition) is 1. The average molecular weight is 259 g/mol. The summed E-state index contributed by atoms with van der Waals surface area (Å²) < 4.78 is 5.45. The van der Waals surface area contributed by atoms with Gasteiger partial charge in [0.05, 0.1) is 10.6 Å². The van der Waals surface area contributed by atoms with Crippen molar-refractivity contribution in [2.75, 3.05) is 12.4 Å². The molecule has 0 spiro atoms. The number of para-hydroxylation sites is 2. The molecule has 0 aliphatic carbocycles. The molecule has 0 atom stereocenters. The van der Waals surface area contributed by atoms with Crippen LogP contribution in [0.4, 0.5) is 11.4 Å². The van der Waals surface area contributed by atoms with Crippen molar-refractivity contribution in [1.82, 2.24) is 4.98 Å². The number of aromatic nitrogens is 1. The van der Waals surface area contributed by atoms with Gasteiger partial charge in [0.25, 0.3) is 0 Å². The van der Waals surface area contributed by atoms with Crippen molar-refractivity contribution in [3.8, 4) is 5.75 Å². The Morgan fingerprint density at radius 3 is 2.89 bits per heavy atom. The Morgan fingerprint density at radius 1 is 1.37 bits per heavy atom. The van der Waals surface area contributed by atoms with Gasteiger partial charge >= 0.3 is 5.69 Å². The van der Waals surface area contributed by atoms with Gasteiger partial charge < -0.3 is 10.1 Å². The van der Waals surface area contributed by atoms with Gasteiger partial charge in [-0.05, 0) is 18.2 Å². The quantitative estimate of drug-likeness (QED) is 0.659. The van der Waals surface area contributed by atoms with Crippen LogP contribution in [0.1, 0.15) is 5.69 Å². The van der Waals surface area contributed by atoms with Crippen molar-refractivity contribution in [2.45, 2.75) is 6.61 Å². The van der Waals surface area contributed by atoms with Crippen LogP contribution in [0.25, 0.3) is 0 Å². The third-order valence-corrected chi connectivity index (χ3v) is 2.54. The Balaban J connectivity index is 2.12. The van der Waals surface area contributed by atoms with Crippen molar-refractivity contribution >= 4 is 11.4 Å². The molecule has 2 aromatic rings. The van der Waals surface area contributed by atoms with Crippen molar-refractivity contribution in [2.24, 2.45) is 0 Å². The summed E-state index contributed by atoms with van der Waals surface area (Å²) in [6, 6.07) is 9.93. The predicted molar refractivity (Wildman–Crippen MR) is 71.2 cm³/mol. The normalized spacial score (nSPS) is 9.95. The standard InChI is InChI=1S/C13H13N3O3/c1-14-10-6-7-15-11(8-10)9-19-13-5-3-2-4-12(13)16(17)18/h2-8H,9H2,1H3,(H,14,15). The van der Waals surface area contributed by atoms with Gasteiger partial charge in [0.2, 0.25) is 0 Å². The fourth-order valence-corrected chi connectivity index (χ4v) is 1.59. The smallest absolute Gasteiger partial charge is 0.310 e. The SMILES string of the molecule is CNc1ccnc(COc2ccccc2[N+](=O)[O-])c1. The third kappa shape index (κ3) is 3.19. The molecule has 0 saturated heterocycles. The number of nitro groups is 1. The lowest BCUT2D eigenvalue weighted by Crippen LogP contribution is -2.01. The highest BCUT2D eigenvalue weighted by Gasteiger charge is 2.13. The van der Waals surface area contributed by atoms with Crippen LogP contribution in [-0.2, 0) is 6.61 Å². The molecular weight excluding hydrogens is 246 g/mol. The highest BCUT2D eigenvalue weighted by Crippen LogP contribution is 2.26. The zero-order chi connectivity index (χ0) is 13.7. The molecule has 1 N–H and O–H groups in total. The molecule has 0 fully saturated rings. The fraction of sp³-hybridized carbons (Fsp3) is 0.154. The Bertz CT molecular complexity index is 587. The van der Waals surface area contributed by atoms with Gasteiger partial charge in [-0.2, -0.15) is 0 Å². The Hall–Kier alpha value is -2.63. The van der Waals surface area contributed by atoms with E-state index in [1.807, 2.05) is 19.2 Å². The Labute approximate surface area is 110 Å². The third-order valence-electron chi connectivity index (χ3n) is 2.54. The van der Waals surface area contributed by atoms with E-state index in [1.54, 1.807) is 24.4 Å². The molecule has 0 unspecified atom stereocenters. The summed E-state index contributed by atoms with van der Waals surface area (Å²) in [7, 11) is 1.81. The maximum Gasteiger partial charge on any atom is 0.310 e. The first-order valence-electron chi connectivity index (χ1n) is 5.69. The van der Waals surface area contributed by atoms with E-state index >= 15 is 0 Å². The number of nitro benzene ring substituents is 1. The van der Waals surface area contributed by atoms with Gasteiger partial charge in [-0.1, -0.05) is 12.1 Å². The van der Waals surface area contributed by atoms with E-state index in [0.717, 1.165) is 5.69 Å². The largest absolute Gasteiger partial charge is 0.480 e. The predicted octanol–water partition coefficient (Wildman–Crippen LogP) is 2.61. The highest BCUT2D eigenvalue weighted by molar-refractivity contribution is 5.46. The number of hydrogen-bond acceptors (Lipinski definition) is 5. The maximum atomic E-state index is 10.8. The van der Waals surface area contributed by atoms with Crippen LogP contribution in [0.2, 0.25) is 0 Å². The van der Waals surface area contributed by atoms with Gasteiger partial charge in [-0.3, -0.25) is 15.1 Å². The molecule has 1 aromatic heterocycles. The fourth-order valence-electron chi connectivity index (χ4n) is 1.59. The van der Waals surface area contributed by atoms with E-state index in [-0.39, 0.29) is 18.0 Å². The van der Waals surface area contributed by atoms with E-state index in [9.17, 15) is 10.1 Å². The second-order valence-electron chi connectivity index (χ2n) is 3.80. The zero-order valence-electron chi connectivity index (χ0n) is 10.4. The molecule has 6 nitrogen and oxygen atoms in total. The average Bonchev–Trinajstić information content (AvgIpc) is 2.45. The van der Waals surface area contributed by atoms with Crippen molar-refractivity contribution in [3.05, 3.63) is 58.4 Å². The lowest BCUT2D eigenvalue weighted by molar-refractivity contribution is -0.385. The summed E-state index contributed by atoms with van der Waals surface area (Å²) in [5.74, 6) is 0.240. The van der Waals surface area contributed by atoms with Crippen molar-refractivity contribution in [1.29, 1.82) is 0 Å². The molecule has 19 heavy (non-hydrogen) atoms. The first-order valence-corrected chi connectivity index (χ1v) is 5.69. The molecule has 0 saturated carbocycles. The molecule has 0 radical (unpaired) electrons. The minimum atomic E-state index is -0.465. The molecule has 0 amide bonds. The number of nitrogens with zero attached hydrogens (tertiary/aromatic N) is 2. The van der Waals surface area contributed by atoms with Gasteiger partial charge in [0, 0.05) is 25.0 Å². The van der Waals surface area contributed by atoms with Crippen LogP contribution >= 0.6 is 0 Å². The molecular formula is C13H13N3O3. The highest BCUT2D eigenvalue weighted by atomic mass is 16.6. The Kier molecular flexibility index (Phi) is 3.92. The minimum absolute atomic E-state index is 0.0488. The molecule has 2 rings (SSSR count). The topological polar surface area (TPSA) is 77.3 Å². The first-order chi connectivity index (χ1) is 9.20. The summed E-state index contributed by atoms with van der Waals surface area (Å²) in [5.41, 5.74) is 1.56. The minimum Gasteiger partial charge on any atom is -0.480 e. The lowest BCUT2D eigenvalue weighted by Gasteiger charge is -2.07. The molecule has 1 aromatic carbocycles. The maximum absolute atomic E-state index is 10.8. The van der Waals surface area contributed by atoms with Crippen LogP contribution in [0.5, 0.6) is 5.75 Å². The number of rotatable bonds is 5. The van der Waals surface area contributed by atoms with E-state index in [1.165, 1.54) is 6.07 Å². The molecule has 0 aliphatic rings. The zero-order valence-corrected chi connectivity index (χ0v) is 10.4. The van der Waals surface area contributed by atoms with Crippen LogP contribution in [0, 0.1) is 10.1 Å². The molecule has 1 heterocycles. The molecule has 0 aliphatic heterocycles. The summed E-state index contributed by atoms with van der Waals surface area (Å²) in [6.45, 7) is 0.181. The lowest BCUT2D eigenvalue weighted by atomic mass is 10.3.